The largest absolute Gasteiger partial charge is 0.433 e. The number of halogens is 2. The Kier molecular flexibility index (Phi) is 4.90. The lowest BCUT2D eigenvalue weighted by atomic mass is 9.53. The van der Waals surface area contributed by atoms with E-state index in [4.69, 9.17) is 0 Å². The number of carbonyl (C=O) groups is 1. The Morgan fingerprint density at radius 3 is 2.44 bits per heavy atom. The van der Waals surface area contributed by atoms with Crippen molar-refractivity contribution in [2.24, 2.45) is 17.8 Å². The van der Waals surface area contributed by atoms with E-state index in [9.17, 15) is 23.7 Å². The Morgan fingerprint density at radius 2 is 1.88 bits per heavy atom. The van der Waals surface area contributed by atoms with Crippen molar-refractivity contribution in [3.8, 4) is 5.75 Å². The van der Waals surface area contributed by atoms with Crippen molar-refractivity contribution in [2.75, 3.05) is 5.32 Å². The third-order valence-corrected chi connectivity index (χ3v) is 7.20. The molecule has 170 valence electrons. The summed E-state index contributed by atoms with van der Waals surface area (Å²) in [6, 6.07) is 4.36. The van der Waals surface area contributed by atoms with Crippen LogP contribution in [0.5, 0.6) is 5.75 Å². The first kappa shape index (κ1) is 20.8. The number of hydrogen-bond donors (Lipinski definition) is 1. The number of nitrogens with one attached hydrogen (secondary N) is 1. The quantitative estimate of drug-likeness (QED) is 0.504. The normalized spacial score (nSPS) is 28.2. The summed E-state index contributed by atoms with van der Waals surface area (Å²) in [5.74, 6) is 0.751. The van der Waals surface area contributed by atoms with E-state index >= 15 is 0 Å². The molecule has 0 unspecified atom stereocenters. The predicted molar refractivity (Wildman–Crippen MR) is 111 cm³/mol. The summed E-state index contributed by atoms with van der Waals surface area (Å²) in [6.45, 7) is -1.34. The first-order valence-corrected chi connectivity index (χ1v) is 10.8. The van der Waals surface area contributed by atoms with Crippen molar-refractivity contribution in [2.45, 2.75) is 57.6 Å². The molecule has 2 aromatic rings. The van der Waals surface area contributed by atoms with Gasteiger partial charge in [0.05, 0.1) is 16.1 Å². The van der Waals surface area contributed by atoms with Crippen LogP contribution in [0.3, 0.4) is 0 Å². The van der Waals surface area contributed by atoms with Gasteiger partial charge in [0.1, 0.15) is 11.9 Å². The minimum atomic E-state index is -3.07. The zero-order valence-electron chi connectivity index (χ0n) is 17.6. The highest BCUT2D eigenvalue weighted by Gasteiger charge is 2.53. The number of rotatable bonds is 6. The molecule has 0 aliphatic heterocycles. The van der Waals surface area contributed by atoms with Crippen molar-refractivity contribution in [1.82, 2.24) is 9.78 Å². The summed E-state index contributed by atoms with van der Waals surface area (Å²) in [4.78, 5) is 24.1. The van der Waals surface area contributed by atoms with Gasteiger partial charge in [0.2, 0.25) is 5.69 Å². The second-order valence-electron chi connectivity index (χ2n) is 9.54. The first-order chi connectivity index (χ1) is 15.2. The van der Waals surface area contributed by atoms with Crippen molar-refractivity contribution < 1.29 is 23.2 Å². The van der Waals surface area contributed by atoms with Gasteiger partial charge in [0, 0.05) is 0 Å². The Hall–Kier alpha value is -3.04. The van der Waals surface area contributed by atoms with Crippen LogP contribution in [0.4, 0.5) is 20.2 Å². The number of aromatic nitrogens is 2. The van der Waals surface area contributed by atoms with Gasteiger partial charge in [-0.1, -0.05) is 6.07 Å². The van der Waals surface area contributed by atoms with Crippen LogP contribution in [0, 0.1) is 34.8 Å². The Bertz CT molecular complexity index is 1050. The maximum Gasteiger partial charge on any atom is 0.387 e. The summed E-state index contributed by atoms with van der Waals surface area (Å²) in [5.41, 5.74) is -0.285. The van der Waals surface area contributed by atoms with E-state index in [1.54, 1.807) is 17.7 Å². The lowest BCUT2D eigenvalue weighted by Gasteiger charge is -2.56. The van der Waals surface area contributed by atoms with Gasteiger partial charge in [0.15, 0.2) is 0 Å². The Morgan fingerprint density at radius 1 is 1.25 bits per heavy atom. The number of ether oxygens (including phenoxy) is 1. The van der Waals surface area contributed by atoms with Gasteiger partial charge in [-0.2, -0.15) is 13.9 Å². The van der Waals surface area contributed by atoms with Gasteiger partial charge in [0.25, 0.3) is 5.91 Å². The van der Waals surface area contributed by atoms with Gasteiger partial charge < -0.3 is 10.1 Å². The third kappa shape index (κ3) is 3.61. The Balaban J connectivity index is 1.47. The third-order valence-electron chi connectivity index (χ3n) is 7.20. The molecule has 32 heavy (non-hydrogen) atoms. The molecule has 1 aromatic carbocycles. The van der Waals surface area contributed by atoms with Crippen molar-refractivity contribution in [3.05, 3.63) is 45.8 Å². The highest BCUT2D eigenvalue weighted by atomic mass is 19.3. The van der Waals surface area contributed by atoms with E-state index in [1.807, 2.05) is 0 Å². The number of nitrogens with zero attached hydrogens (tertiary/aromatic N) is 3. The van der Waals surface area contributed by atoms with Crippen LogP contribution in [0.2, 0.25) is 0 Å². The van der Waals surface area contributed by atoms with Crippen molar-refractivity contribution >= 4 is 17.3 Å². The molecule has 4 aliphatic rings. The number of hydrogen-bond acceptors (Lipinski definition) is 5. The molecule has 0 saturated heterocycles. The highest BCUT2D eigenvalue weighted by molar-refractivity contribution is 6.06. The number of benzene rings is 1. The molecule has 10 heteroatoms. The fourth-order valence-electron chi connectivity index (χ4n) is 6.37. The van der Waals surface area contributed by atoms with E-state index in [0.29, 0.717) is 23.3 Å². The van der Waals surface area contributed by atoms with E-state index in [0.717, 1.165) is 19.3 Å². The molecule has 4 saturated carbocycles. The highest BCUT2D eigenvalue weighted by Crippen LogP contribution is 2.58. The van der Waals surface area contributed by atoms with Crippen LogP contribution in [-0.4, -0.2) is 27.2 Å². The standard InChI is InChI=1S/C22H24F2N4O4/c1-12-2-3-18(32-21(23)24)16(4-12)25-20(29)19-17(28(30)31)11-27(26-19)22-8-13-5-14(9-22)7-15(6-13)10-22/h2-4,11,13-15,21H,5-10H2,1H3,(H,25,29). The molecule has 1 heterocycles. The molecule has 8 nitrogen and oxygen atoms in total. The van der Waals surface area contributed by atoms with Gasteiger partial charge in [-0.25, -0.2) is 0 Å². The van der Waals surface area contributed by atoms with Crippen LogP contribution in [0.15, 0.2) is 24.4 Å². The average Bonchev–Trinajstić information content (AvgIpc) is 3.16. The monoisotopic (exact) mass is 446 g/mol. The van der Waals surface area contributed by atoms with Crippen LogP contribution < -0.4 is 10.1 Å². The number of alkyl halides is 2. The lowest BCUT2D eigenvalue weighted by Crippen LogP contribution is -2.52. The number of carbonyl (C=O) groups excluding carboxylic acids is 1. The van der Waals surface area contributed by atoms with Crippen LogP contribution in [0.1, 0.15) is 54.6 Å². The summed E-state index contributed by atoms with van der Waals surface area (Å²) in [6.07, 6.45) is 7.74. The van der Waals surface area contributed by atoms with Gasteiger partial charge in [-0.05, 0) is 80.9 Å². The average molecular weight is 446 g/mol. The maximum absolute atomic E-state index is 13.0. The lowest BCUT2D eigenvalue weighted by molar-refractivity contribution is -0.385. The molecule has 4 bridgehead atoms. The maximum atomic E-state index is 13.0. The molecule has 1 aromatic heterocycles. The molecular weight excluding hydrogens is 422 g/mol. The fourth-order valence-corrected chi connectivity index (χ4v) is 6.37. The summed E-state index contributed by atoms with van der Waals surface area (Å²) >= 11 is 0. The smallest absolute Gasteiger partial charge is 0.387 e. The second-order valence-corrected chi connectivity index (χ2v) is 9.54. The molecule has 4 aliphatic carbocycles. The number of anilines is 1. The molecule has 0 atom stereocenters. The fraction of sp³-hybridized carbons (Fsp3) is 0.545. The summed E-state index contributed by atoms with van der Waals surface area (Å²) in [7, 11) is 0. The summed E-state index contributed by atoms with van der Waals surface area (Å²) in [5, 5.41) is 18.6. The molecule has 0 radical (unpaired) electrons. The molecular formula is C22H24F2N4O4. The van der Waals surface area contributed by atoms with E-state index in [2.05, 4.69) is 15.2 Å². The van der Waals surface area contributed by atoms with Crippen LogP contribution >= 0.6 is 0 Å². The van der Waals surface area contributed by atoms with E-state index < -0.39 is 17.4 Å². The minimum Gasteiger partial charge on any atom is -0.433 e. The van der Waals surface area contributed by atoms with E-state index in [-0.39, 0.29) is 28.4 Å². The summed E-state index contributed by atoms with van der Waals surface area (Å²) < 4.78 is 31.6. The zero-order valence-corrected chi connectivity index (χ0v) is 17.6. The first-order valence-electron chi connectivity index (χ1n) is 10.8. The molecule has 4 fully saturated rings. The van der Waals surface area contributed by atoms with Gasteiger partial charge in [-0.15, -0.1) is 0 Å². The SMILES string of the molecule is Cc1ccc(OC(F)F)c(NC(=O)c2nn(C34CC5CC(CC(C5)C3)C4)cc2[N+](=O)[O-])c1. The van der Waals surface area contributed by atoms with Gasteiger partial charge >= 0.3 is 12.3 Å². The van der Waals surface area contributed by atoms with Crippen molar-refractivity contribution in [1.29, 1.82) is 0 Å². The number of nitro groups is 1. The number of aryl methyl sites for hydroxylation is 1. The topological polar surface area (TPSA) is 99.3 Å². The molecule has 6 rings (SSSR count). The Labute approximate surface area is 183 Å². The molecule has 0 spiro atoms. The van der Waals surface area contributed by atoms with Crippen LogP contribution in [0.25, 0.3) is 0 Å². The number of amides is 1. The molecule has 1 N–H and O–H groups in total. The van der Waals surface area contributed by atoms with Gasteiger partial charge in [-0.3, -0.25) is 19.6 Å². The minimum absolute atomic E-state index is 0.00829. The molecule has 1 amide bonds. The predicted octanol–water partition coefficient (Wildman–Crippen LogP) is 4.88. The zero-order chi connectivity index (χ0) is 22.6. The van der Waals surface area contributed by atoms with E-state index in [1.165, 1.54) is 37.6 Å². The van der Waals surface area contributed by atoms with Crippen LogP contribution in [-0.2, 0) is 5.54 Å². The van der Waals surface area contributed by atoms with Crippen molar-refractivity contribution in [3.63, 3.8) is 0 Å². The second kappa shape index (κ2) is 7.53.